The van der Waals surface area contributed by atoms with Crippen molar-refractivity contribution < 1.29 is 4.79 Å². The van der Waals surface area contributed by atoms with Gasteiger partial charge >= 0.3 is 0 Å². The number of benzene rings is 1. The highest BCUT2D eigenvalue weighted by Crippen LogP contribution is 2.23. The SMILES string of the molecule is CCn1nc(C)cc1NC(=O)Cn1cnc2c(Nc3cnc4ccccc4n3)nc(N)nc21. The molecule has 12 heteroatoms. The van der Waals surface area contributed by atoms with Crippen molar-refractivity contribution >= 4 is 51.5 Å². The van der Waals surface area contributed by atoms with E-state index in [4.69, 9.17) is 5.73 Å². The van der Waals surface area contributed by atoms with Crippen molar-refractivity contribution in [1.82, 2.24) is 39.3 Å². The monoisotopic (exact) mass is 443 g/mol. The minimum atomic E-state index is -0.240. The highest BCUT2D eigenvalue weighted by Gasteiger charge is 2.16. The number of anilines is 4. The minimum Gasteiger partial charge on any atom is -0.368 e. The third-order valence-electron chi connectivity index (χ3n) is 4.96. The van der Waals surface area contributed by atoms with Crippen molar-refractivity contribution in [2.75, 3.05) is 16.4 Å². The zero-order valence-corrected chi connectivity index (χ0v) is 18.0. The van der Waals surface area contributed by atoms with Crippen molar-refractivity contribution in [3.8, 4) is 0 Å². The molecule has 33 heavy (non-hydrogen) atoms. The quantitative estimate of drug-likeness (QED) is 0.358. The lowest BCUT2D eigenvalue weighted by Crippen LogP contribution is -2.20. The lowest BCUT2D eigenvalue weighted by molar-refractivity contribution is -0.116. The van der Waals surface area contributed by atoms with E-state index in [9.17, 15) is 4.79 Å². The van der Waals surface area contributed by atoms with Crippen LogP contribution in [0.5, 0.6) is 0 Å². The predicted octanol–water partition coefficient (Wildman–Crippen LogP) is 2.26. The third-order valence-corrected chi connectivity index (χ3v) is 4.96. The van der Waals surface area contributed by atoms with Gasteiger partial charge in [-0.2, -0.15) is 15.1 Å². The molecule has 0 bridgehead atoms. The molecular weight excluding hydrogens is 422 g/mol. The summed E-state index contributed by atoms with van der Waals surface area (Å²) in [5, 5.41) is 10.3. The van der Waals surface area contributed by atoms with E-state index in [-0.39, 0.29) is 18.4 Å². The van der Waals surface area contributed by atoms with E-state index >= 15 is 0 Å². The Morgan fingerprint density at radius 3 is 2.76 bits per heavy atom. The van der Waals surface area contributed by atoms with Gasteiger partial charge in [-0.25, -0.2) is 14.6 Å². The second-order valence-corrected chi connectivity index (χ2v) is 7.38. The van der Waals surface area contributed by atoms with Gasteiger partial charge in [0.25, 0.3) is 0 Å². The molecule has 1 amide bonds. The Morgan fingerprint density at radius 2 is 1.94 bits per heavy atom. The number of rotatable bonds is 6. The number of amides is 1. The first-order chi connectivity index (χ1) is 16.0. The maximum absolute atomic E-state index is 12.7. The molecule has 0 saturated heterocycles. The van der Waals surface area contributed by atoms with E-state index in [2.05, 4.69) is 40.7 Å². The van der Waals surface area contributed by atoms with Crippen LogP contribution in [0.1, 0.15) is 12.6 Å². The van der Waals surface area contributed by atoms with Gasteiger partial charge in [0.2, 0.25) is 11.9 Å². The maximum Gasteiger partial charge on any atom is 0.245 e. The molecule has 0 spiro atoms. The molecule has 0 atom stereocenters. The lowest BCUT2D eigenvalue weighted by atomic mass is 10.3. The first-order valence-electron chi connectivity index (χ1n) is 10.3. The summed E-state index contributed by atoms with van der Waals surface area (Å²) in [7, 11) is 0. The molecule has 0 aliphatic rings. The van der Waals surface area contributed by atoms with Crippen molar-refractivity contribution in [1.29, 1.82) is 0 Å². The van der Waals surface area contributed by atoms with Gasteiger partial charge in [-0.1, -0.05) is 12.1 Å². The number of imidazole rings is 1. The van der Waals surface area contributed by atoms with Crippen LogP contribution in [0.25, 0.3) is 22.2 Å². The second-order valence-electron chi connectivity index (χ2n) is 7.38. The summed E-state index contributed by atoms with van der Waals surface area (Å²) in [5.41, 5.74) is 9.18. The van der Waals surface area contributed by atoms with Gasteiger partial charge in [-0.15, -0.1) is 0 Å². The van der Waals surface area contributed by atoms with Crippen LogP contribution in [0.2, 0.25) is 0 Å². The molecule has 4 heterocycles. The minimum absolute atomic E-state index is 0.00385. The Kier molecular flexibility index (Phi) is 5.01. The summed E-state index contributed by atoms with van der Waals surface area (Å²) < 4.78 is 3.34. The molecule has 0 fully saturated rings. The van der Waals surface area contributed by atoms with E-state index in [1.165, 1.54) is 6.33 Å². The molecule has 12 nitrogen and oxygen atoms in total. The Morgan fingerprint density at radius 1 is 1.12 bits per heavy atom. The average Bonchev–Trinajstić information content (AvgIpc) is 3.36. The zero-order valence-electron chi connectivity index (χ0n) is 18.0. The second kappa shape index (κ2) is 8.15. The third kappa shape index (κ3) is 4.01. The molecule has 0 saturated carbocycles. The van der Waals surface area contributed by atoms with Crippen LogP contribution in [0, 0.1) is 6.92 Å². The van der Waals surface area contributed by atoms with Crippen molar-refractivity contribution in [3.63, 3.8) is 0 Å². The van der Waals surface area contributed by atoms with Gasteiger partial charge in [0.05, 0.1) is 29.3 Å². The number of nitrogens with zero attached hydrogens (tertiary/aromatic N) is 8. The molecule has 5 aromatic rings. The van der Waals surface area contributed by atoms with Crippen LogP contribution in [-0.2, 0) is 17.9 Å². The van der Waals surface area contributed by atoms with Crippen LogP contribution < -0.4 is 16.4 Å². The number of aryl methyl sites for hydroxylation is 2. The van der Waals surface area contributed by atoms with Crippen LogP contribution >= 0.6 is 0 Å². The summed E-state index contributed by atoms with van der Waals surface area (Å²) in [6.45, 7) is 4.48. The molecule has 1 aromatic carbocycles. The fourth-order valence-electron chi connectivity index (χ4n) is 3.53. The molecule has 0 aliphatic carbocycles. The van der Waals surface area contributed by atoms with Crippen molar-refractivity contribution in [2.45, 2.75) is 26.9 Å². The van der Waals surface area contributed by atoms with Crippen LogP contribution in [0.15, 0.2) is 42.9 Å². The van der Waals surface area contributed by atoms with E-state index in [0.29, 0.717) is 35.2 Å². The number of nitrogens with two attached hydrogens (primary N) is 1. The van der Waals surface area contributed by atoms with E-state index < -0.39 is 0 Å². The first kappa shape index (κ1) is 20.3. The zero-order chi connectivity index (χ0) is 22.9. The highest BCUT2D eigenvalue weighted by atomic mass is 16.2. The molecule has 0 radical (unpaired) electrons. The number of fused-ring (bicyclic) bond motifs is 2. The fraction of sp³-hybridized carbons (Fsp3) is 0.190. The molecule has 5 rings (SSSR count). The Bertz CT molecular complexity index is 1490. The summed E-state index contributed by atoms with van der Waals surface area (Å²) in [6, 6.07) is 9.37. The maximum atomic E-state index is 12.7. The topological polar surface area (TPSA) is 154 Å². The van der Waals surface area contributed by atoms with Gasteiger partial charge in [0.15, 0.2) is 22.8 Å². The average molecular weight is 443 g/mol. The number of para-hydroxylation sites is 2. The predicted molar refractivity (Wildman–Crippen MR) is 124 cm³/mol. The smallest absolute Gasteiger partial charge is 0.245 e. The van der Waals surface area contributed by atoms with Gasteiger partial charge in [-0.05, 0) is 26.0 Å². The Labute approximate surface area is 187 Å². The normalized spacial score (nSPS) is 11.2. The van der Waals surface area contributed by atoms with E-state index in [0.717, 1.165) is 16.7 Å². The molecule has 0 aliphatic heterocycles. The fourth-order valence-corrected chi connectivity index (χ4v) is 3.53. The Balaban J connectivity index is 1.41. The first-order valence-corrected chi connectivity index (χ1v) is 10.3. The molecule has 4 aromatic heterocycles. The summed E-state index contributed by atoms with van der Waals surface area (Å²) in [6.07, 6.45) is 3.13. The van der Waals surface area contributed by atoms with E-state index in [1.807, 2.05) is 44.2 Å². The number of carbonyl (C=O) groups is 1. The van der Waals surface area contributed by atoms with Gasteiger partial charge < -0.3 is 20.9 Å². The van der Waals surface area contributed by atoms with Crippen LogP contribution in [-0.4, -0.2) is 45.2 Å². The Hall–Kier alpha value is -4.61. The number of aromatic nitrogens is 8. The van der Waals surface area contributed by atoms with Gasteiger partial charge in [-0.3, -0.25) is 9.78 Å². The van der Waals surface area contributed by atoms with Crippen LogP contribution in [0.4, 0.5) is 23.4 Å². The molecule has 166 valence electrons. The van der Waals surface area contributed by atoms with Gasteiger partial charge in [0, 0.05) is 12.6 Å². The summed E-state index contributed by atoms with van der Waals surface area (Å²) in [5.74, 6) is 1.30. The van der Waals surface area contributed by atoms with Gasteiger partial charge in [0.1, 0.15) is 12.4 Å². The van der Waals surface area contributed by atoms with E-state index in [1.54, 1.807) is 15.4 Å². The standard InChI is InChI=1S/C21H21N11O/c1-3-32-16(8-12(2)30-32)27-17(33)10-31-11-24-18-19(28-21(22)29-20(18)31)26-15-9-23-13-6-4-5-7-14(13)25-15/h4-9,11H,3,10H2,1-2H3,(H,27,33)(H3,22,25,26,28,29). The number of nitrogen functional groups attached to an aromatic ring is 1. The molecule has 4 N–H and O–H groups in total. The summed E-state index contributed by atoms with van der Waals surface area (Å²) >= 11 is 0. The number of nitrogens with one attached hydrogen (secondary N) is 2. The molecular formula is C21H21N11O. The molecule has 0 unspecified atom stereocenters. The lowest BCUT2D eigenvalue weighted by Gasteiger charge is -2.09. The van der Waals surface area contributed by atoms with Crippen molar-refractivity contribution in [3.05, 3.63) is 48.5 Å². The number of hydrogen-bond acceptors (Lipinski definition) is 9. The van der Waals surface area contributed by atoms with Crippen LogP contribution in [0.3, 0.4) is 0 Å². The highest BCUT2D eigenvalue weighted by molar-refractivity contribution is 5.92. The number of hydrogen-bond donors (Lipinski definition) is 3. The van der Waals surface area contributed by atoms with Crippen molar-refractivity contribution in [2.24, 2.45) is 0 Å². The number of carbonyl (C=O) groups excluding carboxylic acids is 1. The summed E-state index contributed by atoms with van der Waals surface area (Å²) in [4.78, 5) is 34.5. The largest absolute Gasteiger partial charge is 0.368 e.